The van der Waals surface area contributed by atoms with Crippen LogP contribution in [0.5, 0.6) is 0 Å². The molecule has 1 atom stereocenters. The third kappa shape index (κ3) is 2.78. The van der Waals surface area contributed by atoms with Crippen LogP contribution in [0.4, 0.5) is 0 Å². The molecule has 0 aromatic rings. The number of nitrogens with zero attached hydrogens (tertiary/aromatic N) is 1. The SMILES string of the molecule is CC(C)(C=O)CN1CCCC1CO. The molecule has 1 aliphatic heterocycles. The monoisotopic (exact) mass is 185 g/mol. The summed E-state index contributed by atoms with van der Waals surface area (Å²) in [6.07, 6.45) is 3.20. The molecule has 1 N–H and O–H groups in total. The van der Waals surface area contributed by atoms with Gasteiger partial charge in [0.05, 0.1) is 6.61 Å². The maximum absolute atomic E-state index is 10.7. The molecule has 1 fully saturated rings. The first-order chi connectivity index (χ1) is 6.09. The lowest BCUT2D eigenvalue weighted by molar-refractivity contribution is -0.115. The summed E-state index contributed by atoms with van der Waals surface area (Å²) < 4.78 is 0. The van der Waals surface area contributed by atoms with Crippen molar-refractivity contribution in [1.29, 1.82) is 0 Å². The maximum atomic E-state index is 10.7. The minimum atomic E-state index is -0.280. The van der Waals surface area contributed by atoms with Crippen molar-refractivity contribution in [2.24, 2.45) is 5.41 Å². The number of likely N-dealkylation sites (tertiary alicyclic amines) is 1. The maximum Gasteiger partial charge on any atom is 0.126 e. The summed E-state index contributed by atoms with van der Waals surface area (Å²) in [5.41, 5.74) is -0.280. The molecule has 1 aliphatic rings. The highest BCUT2D eigenvalue weighted by Crippen LogP contribution is 2.22. The summed E-state index contributed by atoms with van der Waals surface area (Å²) in [5, 5.41) is 9.08. The summed E-state index contributed by atoms with van der Waals surface area (Å²) in [7, 11) is 0. The van der Waals surface area contributed by atoms with Gasteiger partial charge in [0, 0.05) is 18.0 Å². The molecule has 0 spiro atoms. The molecule has 0 aromatic heterocycles. The molecule has 13 heavy (non-hydrogen) atoms. The molecule has 3 heteroatoms. The molecule has 0 aromatic carbocycles. The highest BCUT2D eigenvalue weighted by molar-refractivity contribution is 5.58. The third-order valence-corrected chi connectivity index (χ3v) is 2.64. The van der Waals surface area contributed by atoms with Crippen LogP contribution in [-0.4, -0.2) is 42.0 Å². The standard InChI is InChI=1S/C10H19NO2/c1-10(2,8-13)7-11-5-3-4-9(11)6-12/h8-9,12H,3-7H2,1-2H3. The van der Waals surface area contributed by atoms with E-state index in [1.54, 1.807) is 0 Å². The molecule has 76 valence electrons. The van der Waals surface area contributed by atoms with Crippen molar-refractivity contribution >= 4 is 6.29 Å². The van der Waals surface area contributed by atoms with Crippen molar-refractivity contribution in [3.63, 3.8) is 0 Å². The molecule has 0 saturated carbocycles. The average Bonchev–Trinajstić information content (AvgIpc) is 2.51. The Bertz CT molecular complexity index is 180. The molecule has 1 heterocycles. The Morgan fingerprint density at radius 1 is 1.62 bits per heavy atom. The Labute approximate surface area is 79.7 Å². The van der Waals surface area contributed by atoms with Crippen LogP contribution in [0.1, 0.15) is 26.7 Å². The molecule has 1 rings (SSSR count). The van der Waals surface area contributed by atoms with Crippen LogP contribution in [0.15, 0.2) is 0 Å². The van der Waals surface area contributed by atoms with Crippen LogP contribution in [0.2, 0.25) is 0 Å². The Kier molecular flexibility index (Phi) is 3.45. The first-order valence-electron chi connectivity index (χ1n) is 4.90. The van der Waals surface area contributed by atoms with Gasteiger partial charge in [-0.25, -0.2) is 0 Å². The van der Waals surface area contributed by atoms with Crippen molar-refractivity contribution in [1.82, 2.24) is 4.90 Å². The van der Waals surface area contributed by atoms with Crippen LogP contribution >= 0.6 is 0 Å². The Hall–Kier alpha value is -0.410. The van der Waals surface area contributed by atoms with Crippen molar-refractivity contribution in [3.8, 4) is 0 Å². The number of aliphatic hydroxyl groups excluding tert-OH is 1. The fourth-order valence-corrected chi connectivity index (χ4v) is 1.87. The van der Waals surface area contributed by atoms with E-state index in [0.29, 0.717) is 0 Å². The zero-order valence-corrected chi connectivity index (χ0v) is 8.49. The Morgan fingerprint density at radius 2 is 2.31 bits per heavy atom. The normalized spacial score (nSPS) is 25.0. The van der Waals surface area contributed by atoms with Crippen LogP contribution in [0, 0.1) is 5.41 Å². The van der Waals surface area contributed by atoms with E-state index in [2.05, 4.69) is 4.90 Å². The fraction of sp³-hybridized carbons (Fsp3) is 0.900. The lowest BCUT2D eigenvalue weighted by atomic mass is 9.95. The summed E-state index contributed by atoms with van der Waals surface area (Å²) in [4.78, 5) is 12.9. The van der Waals surface area contributed by atoms with Gasteiger partial charge in [-0.05, 0) is 19.4 Å². The van der Waals surface area contributed by atoms with Crippen LogP contribution in [0.3, 0.4) is 0 Å². The number of rotatable bonds is 4. The molecule has 0 aliphatic carbocycles. The second kappa shape index (κ2) is 4.20. The molecular weight excluding hydrogens is 166 g/mol. The highest BCUT2D eigenvalue weighted by atomic mass is 16.3. The quantitative estimate of drug-likeness (QED) is 0.654. The minimum absolute atomic E-state index is 0.217. The molecule has 3 nitrogen and oxygen atoms in total. The van der Waals surface area contributed by atoms with Gasteiger partial charge in [-0.15, -0.1) is 0 Å². The van der Waals surface area contributed by atoms with E-state index in [-0.39, 0.29) is 18.1 Å². The van der Waals surface area contributed by atoms with Crippen molar-refractivity contribution in [2.75, 3.05) is 19.7 Å². The number of carbonyl (C=O) groups is 1. The van der Waals surface area contributed by atoms with Crippen LogP contribution in [0.25, 0.3) is 0 Å². The zero-order chi connectivity index (χ0) is 9.90. The average molecular weight is 185 g/mol. The zero-order valence-electron chi connectivity index (χ0n) is 8.49. The van der Waals surface area contributed by atoms with Crippen LogP contribution in [-0.2, 0) is 4.79 Å². The Morgan fingerprint density at radius 3 is 2.85 bits per heavy atom. The third-order valence-electron chi connectivity index (χ3n) is 2.64. The minimum Gasteiger partial charge on any atom is -0.395 e. The van der Waals surface area contributed by atoms with Gasteiger partial charge in [0.1, 0.15) is 6.29 Å². The lowest BCUT2D eigenvalue weighted by Gasteiger charge is -2.29. The summed E-state index contributed by atoms with van der Waals surface area (Å²) in [6, 6.07) is 0.277. The molecule has 1 saturated heterocycles. The first kappa shape index (κ1) is 10.7. The second-order valence-electron chi connectivity index (χ2n) is 4.56. The van der Waals surface area contributed by atoms with Gasteiger partial charge in [0.2, 0.25) is 0 Å². The predicted molar refractivity (Wildman–Crippen MR) is 51.5 cm³/mol. The van der Waals surface area contributed by atoms with Crippen molar-refractivity contribution in [2.45, 2.75) is 32.7 Å². The molecule has 0 amide bonds. The van der Waals surface area contributed by atoms with Crippen molar-refractivity contribution < 1.29 is 9.90 Å². The van der Waals surface area contributed by atoms with Gasteiger partial charge < -0.3 is 9.90 Å². The topological polar surface area (TPSA) is 40.5 Å². The number of hydrogen-bond acceptors (Lipinski definition) is 3. The van der Waals surface area contributed by atoms with Gasteiger partial charge in [-0.1, -0.05) is 13.8 Å². The van der Waals surface area contributed by atoms with Gasteiger partial charge in [0.25, 0.3) is 0 Å². The summed E-state index contributed by atoms with van der Waals surface area (Å²) >= 11 is 0. The van der Waals surface area contributed by atoms with Crippen molar-refractivity contribution in [3.05, 3.63) is 0 Å². The number of aldehydes is 1. The van der Waals surface area contributed by atoms with Crippen LogP contribution < -0.4 is 0 Å². The molecule has 0 bridgehead atoms. The number of aliphatic hydroxyl groups is 1. The smallest absolute Gasteiger partial charge is 0.126 e. The number of hydrogen-bond donors (Lipinski definition) is 1. The van der Waals surface area contributed by atoms with Gasteiger partial charge in [-0.2, -0.15) is 0 Å². The largest absolute Gasteiger partial charge is 0.395 e. The molecular formula is C10H19NO2. The Balaban J connectivity index is 2.48. The molecule has 1 unspecified atom stereocenters. The van der Waals surface area contributed by atoms with Gasteiger partial charge >= 0.3 is 0 Å². The van der Waals surface area contributed by atoms with E-state index in [4.69, 9.17) is 5.11 Å². The lowest BCUT2D eigenvalue weighted by Crippen LogP contribution is -2.40. The van der Waals surface area contributed by atoms with Gasteiger partial charge in [0.15, 0.2) is 0 Å². The van der Waals surface area contributed by atoms with E-state index in [9.17, 15) is 4.79 Å². The van der Waals surface area contributed by atoms with E-state index in [1.807, 2.05) is 13.8 Å². The predicted octanol–water partition coefficient (Wildman–Crippen LogP) is 0.668. The highest BCUT2D eigenvalue weighted by Gasteiger charge is 2.29. The van der Waals surface area contributed by atoms with E-state index in [0.717, 1.165) is 32.2 Å². The van der Waals surface area contributed by atoms with E-state index >= 15 is 0 Å². The van der Waals surface area contributed by atoms with Gasteiger partial charge in [-0.3, -0.25) is 4.90 Å². The fourth-order valence-electron chi connectivity index (χ4n) is 1.87. The first-order valence-corrected chi connectivity index (χ1v) is 4.90. The summed E-state index contributed by atoms with van der Waals surface area (Å²) in [5.74, 6) is 0. The number of carbonyl (C=O) groups excluding carboxylic acids is 1. The summed E-state index contributed by atoms with van der Waals surface area (Å²) in [6.45, 7) is 5.87. The van der Waals surface area contributed by atoms with E-state index in [1.165, 1.54) is 0 Å². The second-order valence-corrected chi connectivity index (χ2v) is 4.56. The molecule has 0 radical (unpaired) electrons. The van der Waals surface area contributed by atoms with E-state index < -0.39 is 0 Å².